The molecule has 0 radical (unpaired) electrons. The summed E-state index contributed by atoms with van der Waals surface area (Å²) in [5.74, 6) is -0.994. The van der Waals surface area contributed by atoms with E-state index in [1.807, 2.05) is 6.92 Å². The van der Waals surface area contributed by atoms with E-state index < -0.39 is 22.0 Å². The number of halogens is 1. The van der Waals surface area contributed by atoms with Crippen LogP contribution in [-0.4, -0.2) is 16.4 Å². The molecule has 2 unspecified atom stereocenters. The van der Waals surface area contributed by atoms with Crippen LogP contribution < -0.4 is 11.1 Å². The minimum atomic E-state index is -0.985. The minimum Gasteiger partial charge on any atom is -0.324 e. The highest BCUT2D eigenvalue weighted by Crippen LogP contribution is 2.31. The van der Waals surface area contributed by atoms with Crippen LogP contribution in [0.4, 0.5) is 15.8 Å². The van der Waals surface area contributed by atoms with Crippen LogP contribution in [0.5, 0.6) is 0 Å². The Hall–Kier alpha value is -2.02. The molecule has 0 aliphatic heterocycles. The monoisotopic (exact) mass is 295 g/mol. The molecule has 21 heavy (non-hydrogen) atoms. The van der Waals surface area contributed by atoms with Crippen LogP contribution in [0, 0.1) is 21.8 Å². The lowest BCUT2D eigenvalue weighted by Crippen LogP contribution is -2.53. The first-order chi connectivity index (χ1) is 9.82. The highest BCUT2D eigenvalue weighted by Gasteiger charge is 2.38. The molecule has 0 bridgehead atoms. The van der Waals surface area contributed by atoms with Crippen molar-refractivity contribution < 1.29 is 14.1 Å². The van der Waals surface area contributed by atoms with Crippen LogP contribution >= 0.6 is 0 Å². The van der Waals surface area contributed by atoms with Crippen molar-refractivity contribution in [1.82, 2.24) is 0 Å². The van der Waals surface area contributed by atoms with Crippen LogP contribution in [0.2, 0.25) is 0 Å². The molecule has 2 atom stereocenters. The van der Waals surface area contributed by atoms with Gasteiger partial charge in [0.2, 0.25) is 11.7 Å². The predicted molar refractivity (Wildman–Crippen MR) is 76.2 cm³/mol. The topological polar surface area (TPSA) is 98.3 Å². The lowest BCUT2D eigenvalue weighted by atomic mass is 9.76. The molecule has 0 spiro atoms. The van der Waals surface area contributed by atoms with E-state index in [2.05, 4.69) is 5.32 Å². The van der Waals surface area contributed by atoms with Gasteiger partial charge in [0, 0.05) is 17.8 Å². The van der Waals surface area contributed by atoms with Crippen molar-refractivity contribution in [1.29, 1.82) is 0 Å². The fraction of sp³-hybridized carbons (Fsp3) is 0.500. The number of anilines is 1. The van der Waals surface area contributed by atoms with Gasteiger partial charge in [-0.15, -0.1) is 0 Å². The number of nitro benzene ring substituents is 1. The number of nitrogens with zero attached hydrogens (tertiary/aromatic N) is 1. The van der Waals surface area contributed by atoms with Crippen LogP contribution in [0.25, 0.3) is 0 Å². The Balaban J connectivity index is 2.12. The van der Waals surface area contributed by atoms with Crippen molar-refractivity contribution >= 4 is 17.3 Å². The molecule has 1 fully saturated rings. The first-order valence-electron chi connectivity index (χ1n) is 6.86. The molecule has 6 nitrogen and oxygen atoms in total. The zero-order valence-electron chi connectivity index (χ0n) is 11.8. The fourth-order valence-electron chi connectivity index (χ4n) is 2.79. The van der Waals surface area contributed by atoms with E-state index in [9.17, 15) is 19.3 Å². The van der Waals surface area contributed by atoms with E-state index in [1.165, 1.54) is 6.07 Å². The number of nitro groups is 1. The van der Waals surface area contributed by atoms with Crippen molar-refractivity contribution in [3.05, 3.63) is 34.1 Å². The average Bonchev–Trinajstić information content (AvgIpc) is 2.37. The zero-order valence-corrected chi connectivity index (χ0v) is 11.8. The van der Waals surface area contributed by atoms with E-state index in [0.717, 1.165) is 25.0 Å². The Bertz CT molecular complexity index is 579. The lowest BCUT2D eigenvalue weighted by molar-refractivity contribution is -0.387. The highest BCUT2D eigenvalue weighted by molar-refractivity contribution is 5.98. The first-order valence-corrected chi connectivity index (χ1v) is 6.86. The van der Waals surface area contributed by atoms with Crippen LogP contribution in [-0.2, 0) is 4.79 Å². The summed E-state index contributed by atoms with van der Waals surface area (Å²) in [5.41, 5.74) is 4.73. The van der Waals surface area contributed by atoms with Gasteiger partial charge in [-0.25, -0.2) is 0 Å². The number of benzene rings is 1. The van der Waals surface area contributed by atoms with Crippen LogP contribution in [0.15, 0.2) is 18.2 Å². The van der Waals surface area contributed by atoms with Crippen molar-refractivity contribution in [3.8, 4) is 0 Å². The predicted octanol–water partition coefficient (Wildman–Crippen LogP) is 2.58. The third kappa shape index (κ3) is 3.36. The normalized spacial score (nSPS) is 25.4. The van der Waals surface area contributed by atoms with E-state index in [-0.39, 0.29) is 11.6 Å². The summed E-state index contributed by atoms with van der Waals surface area (Å²) >= 11 is 0. The Kier molecular flexibility index (Phi) is 4.22. The van der Waals surface area contributed by atoms with E-state index in [4.69, 9.17) is 5.73 Å². The van der Waals surface area contributed by atoms with Gasteiger partial charge in [0.15, 0.2) is 0 Å². The third-order valence-corrected chi connectivity index (χ3v) is 3.89. The molecule has 1 aromatic carbocycles. The van der Waals surface area contributed by atoms with Gasteiger partial charge in [-0.3, -0.25) is 14.9 Å². The summed E-state index contributed by atoms with van der Waals surface area (Å²) in [6, 6.07) is 3.26. The lowest BCUT2D eigenvalue weighted by Gasteiger charge is -2.35. The maximum absolute atomic E-state index is 13.5. The minimum absolute atomic E-state index is 0.172. The van der Waals surface area contributed by atoms with E-state index in [1.54, 1.807) is 0 Å². The van der Waals surface area contributed by atoms with Crippen molar-refractivity contribution in [2.75, 3.05) is 5.32 Å². The smallest absolute Gasteiger partial charge is 0.304 e. The van der Waals surface area contributed by atoms with Gasteiger partial charge in [0.1, 0.15) is 0 Å². The molecular weight excluding hydrogens is 277 g/mol. The summed E-state index contributed by atoms with van der Waals surface area (Å²) in [5, 5.41) is 13.1. The van der Waals surface area contributed by atoms with Gasteiger partial charge in [0.05, 0.1) is 10.5 Å². The highest BCUT2D eigenvalue weighted by atomic mass is 19.1. The Morgan fingerprint density at radius 1 is 1.57 bits per heavy atom. The molecule has 1 saturated carbocycles. The van der Waals surface area contributed by atoms with Gasteiger partial charge in [-0.05, 0) is 24.8 Å². The molecule has 1 amide bonds. The second kappa shape index (κ2) is 5.77. The molecular formula is C14H18FN3O3. The number of hydrogen-bond donors (Lipinski definition) is 2. The Morgan fingerprint density at radius 3 is 2.86 bits per heavy atom. The SMILES string of the molecule is CC1CCCC(N)(C(=O)Nc2ccc([N+](=O)[O-])c(F)c2)C1. The fourth-order valence-corrected chi connectivity index (χ4v) is 2.79. The number of amides is 1. The summed E-state index contributed by atoms with van der Waals surface area (Å²) in [7, 11) is 0. The Labute approximate surface area is 121 Å². The van der Waals surface area contributed by atoms with Crippen molar-refractivity contribution in [3.63, 3.8) is 0 Å². The molecule has 2 rings (SSSR count). The molecule has 1 aliphatic carbocycles. The second-order valence-corrected chi connectivity index (χ2v) is 5.74. The molecule has 1 aliphatic rings. The molecule has 3 N–H and O–H groups in total. The summed E-state index contributed by atoms with van der Waals surface area (Å²) < 4.78 is 13.5. The summed E-state index contributed by atoms with van der Waals surface area (Å²) in [6.07, 6.45) is 3.07. The number of carbonyl (C=O) groups excluding carboxylic acids is 1. The van der Waals surface area contributed by atoms with Gasteiger partial charge in [-0.1, -0.05) is 19.8 Å². The van der Waals surface area contributed by atoms with E-state index >= 15 is 0 Å². The van der Waals surface area contributed by atoms with Gasteiger partial charge in [-0.2, -0.15) is 4.39 Å². The number of rotatable bonds is 3. The van der Waals surface area contributed by atoms with Crippen LogP contribution in [0.1, 0.15) is 32.6 Å². The first kappa shape index (κ1) is 15.4. The number of nitrogens with two attached hydrogens (primary N) is 1. The maximum Gasteiger partial charge on any atom is 0.304 e. The molecule has 1 aromatic rings. The van der Waals surface area contributed by atoms with Crippen molar-refractivity contribution in [2.45, 2.75) is 38.1 Å². The molecule has 0 heterocycles. The second-order valence-electron chi connectivity index (χ2n) is 5.74. The molecule has 0 aromatic heterocycles. The standard InChI is InChI=1S/C14H18FN3O3/c1-9-3-2-6-14(16,8-9)13(19)17-10-4-5-12(18(20)21)11(15)7-10/h4-5,7,9H,2-3,6,8,16H2,1H3,(H,17,19). The summed E-state index contributed by atoms with van der Waals surface area (Å²) in [4.78, 5) is 22.0. The average molecular weight is 295 g/mol. The number of nitrogens with one attached hydrogen (secondary N) is 1. The van der Waals surface area contributed by atoms with E-state index in [0.29, 0.717) is 18.8 Å². The third-order valence-electron chi connectivity index (χ3n) is 3.89. The molecule has 114 valence electrons. The zero-order chi connectivity index (χ0) is 15.6. The number of hydrogen-bond acceptors (Lipinski definition) is 4. The largest absolute Gasteiger partial charge is 0.324 e. The molecule has 0 saturated heterocycles. The Morgan fingerprint density at radius 2 is 2.29 bits per heavy atom. The van der Waals surface area contributed by atoms with Gasteiger partial charge in [0.25, 0.3) is 0 Å². The quantitative estimate of drug-likeness (QED) is 0.661. The van der Waals surface area contributed by atoms with Gasteiger partial charge >= 0.3 is 5.69 Å². The maximum atomic E-state index is 13.5. The molecule has 7 heteroatoms. The van der Waals surface area contributed by atoms with Gasteiger partial charge < -0.3 is 11.1 Å². The van der Waals surface area contributed by atoms with Crippen molar-refractivity contribution in [2.24, 2.45) is 11.7 Å². The number of carbonyl (C=O) groups is 1. The summed E-state index contributed by atoms with van der Waals surface area (Å²) in [6.45, 7) is 2.04. The van der Waals surface area contributed by atoms with Crippen LogP contribution in [0.3, 0.4) is 0 Å².